The molecule has 9 nitrogen and oxygen atoms in total. The van der Waals surface area contributed by atoms with E-state index in [1.165, 1.54) is 23.5 Å². The number of benzene rings is 3. The van der Waals surface area contributed by atoms with Crippen LogP contribution in [0.4, 0.5) is 5.69 Å². The smallest absolute Gasteiger partial charge is 0.338 e. The van der Waals surface area contributed by atoms with Crippen molar-refractivity contribution in [3.8, 4) is 5.75 Å². The zero-order valence-corrected chi connectivity index (χ0v) is 28.4. The molecular formula is C31H25I2N3O6S. The van der Waals surface area contributed by atoms with Gasteiger partial charge in [-0.05, 0) is 101 Å². The number of fused-ring (bicyclic) bond motifs is 1. The fourth-order valence-corrected chi connectivity index (χ4v) is 7.90. The van der Waals surface area contributed by atoms with Crippen molar-refractivity contribution in [1.29, 1.82) is 0 Å². The third kappa shape index (κ3) is 6.60. The summed E-state index contributed by atoms with van der Waals surface area (Å²) in [4.78, 5) is 42.8. The van der Waals surface area contributed by atoms with Crippen LogP contribution in [0, 0.1) is 24.2 Å². The van der Waals surface area contributed by atoms with Gasteiger partial charge in [-0.25, -0.2) is 9.79 Å². The van der Waals surface area contributed by atoms with Crippen LogP contribution >= 0.6 is 56.5 Å². The summed E-state index contributed by atoms with van der Waals surface area (Å²) in [6, 6.07) is 17.3. The van der Waals surface area contributed by atoms with Crippen LogP contribution < -0.4 is 19.6 Å². The Labute approximate surface area is 278 Å². The maximum atomic E-state index is 13.9. The van der Waals surface area contributed by atoms with Gasteiger partial charge in [0.15, 0.2) is 4.80 Å². The molecule has 4 aromatic rings. The summed E-state index contributed by atoms with van der Waals surface area (Å²) in [5.41, 5.74) is 3.98. The predicted octanol–water partition coefficient (Wildman–Crippen LogP) is 5.80. The van der Waals surface area contributed by atoms with Crippen LogP contribution in [0.5, 0.6) is 5.75 Å². The Morgan fingerprint density at radius 3 is 2.47 bits per heavy atom. The number of allylic oxidation sites excluding steroid dienone is 1. The lowest BCUT2D eigenvalue weighted by Gasteiger charge is -2.24. The minimum absolute atomic E-state index is 0.0106. The van der Waals surface area contributed by atoms with Crippen molar-refractivity contribution in [1.82, 2.24) is 4.57 Å². The van der Waals surface area contributed by atoms with E-state index in [-0.39, 0.29) is 24.5 Å². The van der Waals surface area contributed by atoms with E-state index >= 15 is 0 Å². The lowest BCUT2D eigenvalue weighted by molar-refractivity contribution is -0.384. The Morgan fingerprint density at radius 1 is 1.12 bits per heavy atom. The van der Waals surface area contributed by atoms with E-state index in [4.69, 9.17) is 9.47 Å². The minimum atomic E-state index is -0.664. The molecule has 1 aliphatic rings. The average Bonchev–Trinajstić information content (AvgIpc) is 3.26. The van der Waals surface area contributed by atoms with Crippen molar-refractivity contribution in [3.63, 3.8) is 0 Å². The molecule has 1 atom stereocenters. The van der Waals surface area contributed by atoms with Gasteiger partial charge in [0.1, 0.15) is 12.4 Å². The van der Waals surface area contributed by atoms with E-state index in [2.05, 4.69) is 50.2 Å². The number of carbonyl (C=O) groups excluding carboxylic acids is 1. The number of non-ortho nitro benzene ring substituents is 1. The number of nitro benzene ring substituents is 1. The second kappa shape index (κ2) is 13.1. The van der Waals surface area contributed by atoms with Crippen molar-refractivity contribution in [2.45, 2.75) is 33.4 Å². The topological polar surface area (TPSA) is 113 Å². The van der Waals surface area contributed by atoms with Crippen LogP contribution in [-0.4, -0.2) is 22.1 Å². The number of esters is 1. The largest absolute Gasteiger partial charge is 0.487 e. The molecule has 0 N–H and O–H groups in total. The summed E-state index contributed by atoms with van der Waals surface area (Å²) in [5.74, 6) is 0.161. The van der Waals surface area contributed by atoms with Crippen LogP contribution in [-0.2, 0) is 16.1 Å². The number of nitrogens with zero attached hydrogens (tertiary/aromatic N) is 3. The number of ether oxygens (including phenoxy) is 2. The first-order chi connectivity index (χ1) is 20.6. The predicted molar refractivity (Wildman–Crippen MR) is 181 cm³/mol. The van der Waals surface area contributed by atoms with Crippen LogP contribution in [0.3, 0.4) is 0 Å². The quantitative estimate of drug-likeness (QED) is 0.0962. The molecule has 0 bridgehead atoms. The van der Waals surface area contributed by atoms with E-state index < -0.39 is 16.9 Å². The van der Waals surface area contributed by atoms with E-state index in [0.717, 1.165) is 23.8 Å². The molecule has 0 amide bonds. The van der Waals surface area contributed by atoms with Crippen LogP contribution in [0.25, 0.3) is 6.08 Å². The molecule has 0 aliphatic carbocycles. The highest BCUT2D eigenvalue weighted by atomic mass is 127. The Bertz CT molecular complexity index is 1940. The summed E-state index contributed by atoms with van der Waals surface area (Å²) >= 11 is 5.63. The van der Waals surface area contributed by atoms with Crippen molar-refractivity contribution >= 4 is 74.3 Å². The minimum Gasteiger partial charge on any atom is -0.487 e. The Kier molecular flexibility index (Phi) is 9.46. The molecule has 0 spiro atoms. The molecule has 3 aromatic carbocycles. The van der Waals surface area contributed by atoms with Gasteiger partial charge in [0.2, 0.25) is 0 Å². The summed E-state index contributed by atoms with van der Waals surface area (Å²) in [6.07, 6.45) is 1.81. The van der Waals surface area contributed by atoms with Gasteiger partial charge in [0.25, 0.3) is 11.2 Å². The Morgan fingerprint density at radius 2 is 1.81 bits per heavy atom. The number of hydrogen-bond donors (Lipinski definition) is 0. The standard InChI is InChI=1S/C31H25I2N3O6S/c1-4-41-30(38)26-18(3)34-31-35(27(26)21-10-8-17(2)9-11-21)29(37)25(43-31)15-20-13-23(32)28(24(33)14-20)42-16-19-6-5-7-22(12-19)36(39)40/h5-15,27H,4,16H2,1-3H3/b25-15+/t27-/m0/s1. The third-order valence-corrected chi connectivity index (χ3v) is 9.32. The highest BCUT2D eigenvalue weighted by Gasteiger charge is 2.33. The van der Waals surface area contributed by atoms with Crippen LogP contribution in [0.15, 0.2) is 81.7 Å². The number of aryl methyl sites for hydroxylation is 1. The molecule has 43 heavy (non-hydrogen) atoms. The number of nitro groups is 1. The maximum Gasteiger partial charge on any atom is 0.338 e. The number of aromatic nitrogens is 1. The fraction of sp³-hybridized carbons (Fsp3) is 0.194. The molecule has 2 heterocycles. The van der Waals surface area contributed by atoms with Crippen molar-refractivity contribution in [3.05, 3.63) is 131 Å². The van der Waals surface area contributed by atoms with Gasteiger partial charge in [0, 0.05) is 12.1 Å². The fourth-order valence-electron chi connectivity index (χ4n) is 4.72. The lowest BCUT2D eigenvalue weighted by atomic mass is 9.95. The van der Waals surface area contributed by atoms with Gasteiger partial charge in [0.05, 0.1) is 40.5 Å². The van der Waals surface area contributed by atoms with Gasteiger partial charge < -0.3 is 9.47 Å². The molecule has 0 saturated heterocycles. The van der Waals surface area contributed by atoms with Gasteiger partial charge >= 0.3 is 5.97 Å². The second-order valence-electron chi connectivity index (χ2n) is 9.74. The average molecular weight is 821 g/mol. The monoisotopic (exact) mass is 821 g/mol. The first kappa shape index (κ1) is 31.1. The molecule has 0 unspecified atom stereocenters. The molecular weight excluding hydrogens is 796 g/mol. The Hall–Kier alpha value is -3.37. The Balaban J connectivity index is 1.52. The van der Waals surface area contributed by atoms with E-state index in [1.54, 1.807) is 30.5 Å². The molecule has 0 radical (unpaired) electrons. The SMILES string of the molecule is CCOC(=O)C1=C(C)N=c2s/c(=C/c3cc(I)c(OCc4cccc([N+](=O)[O-])c4)c(I)c3)c(=O)n2[C@H]1c1ccc(C)cc1. The molecule has 1 aliphatic heterocycles. The van der Waals surface area contributed by atoms with Gasteiger partial charge in [-0.3, -0.25) is 19.5 Å². The normalized spacial score (nSPS) is 14.7. The number of thiazole rings is 1. The van der Waals surface area contributed by atoms with E-state index in [9.17, 15) is 19.7 Å². The lowest BCUT2D eigenvalue weighted by Crippen LogP contribution is -2.39. The molecule has 220 valence electrons. The van der Waals surface area contributed by atoms with Crippen LogP contribution in [0.1, 0.15) is 42.1 Å². The highest BCUT2D eigenvalue weighted by molar-refractivity contribution is 14.1. The van der Waals surface area contributed by atoms with Gasteiger partial charge in [-0.2, -0.15) is 0 Å². The number of halogens is 2. The maximum absolute atomic E-state index is 13.9. The zero-order valence-electron chi connectivity index (χ0n) is 23.3. The first-order valence-corrected chi connectivity index (χ1v) is 16.2. The highest BCUT2D eigenvalue weighted by Crippen LogP contribution is 2.32. The van der Waals surface area contributed by atoms with E-state index in [0.29, 0.717) is 31.9 Å². The van der Waals surface area contributed by atoms with Crippen molar-refractivity contribution in [2.75, 3.05) is 6.61 Å². The van der Waals surface area contributed by atoms with Gasteiger partial charge in [-0.1, -0.05) is 53.3 Å². The molecule has 5 rings (SSSR count). The zero-order chi connectivity index (χ0) is 30.8. The number of rotatable bonds is 8. The first-order valence-electron chi connectivity index (χ1n) is 13.2. The van der Waals surface area contributed by atoms with E-state index in [1.807, 2.05) is 49.4 Å². The summed E-state index contributed by atoms with van der Waals surface area (Å²) < 4.78 is 15.1. The summed E-state index contributed by atoms with van der Waals surface area (Å²) in [7, 11) is 0. The summed E-state index contributed by atoms with van der Waals surface area (Å²) in [5, 5.41) is 11.1. The third-order valence-electron chi connectivity index (χ3n) is 6.73. The van der Waals surface area contributed by atoms with Crippen molar-refractivity contribution < 1.29 is 19.2 Å². The number of hydrogen-bond acceptors (Lipinski definition) is 8. The molecule has 0 fully saturated rings. The summed E-state index contributed by atoms with van der Waals surface area (Å²) in [6.45, 7) is 5.88. The van der Waals surface area contributed by atoms with Gasteiger partial charge in [-0.15, -0.1) is 0 Å². The number of carbonyl (C=O) groups is 1. The molecule has 12 heteroatoms. The molecule has 0 saturated carbocycles. The molecule has 1 aromatic heterocycles. The van der Waals surface area contributed by atoms with Crippen molar-refractivity contribution in [2.24, 2.45) is 4.99 Å². The van der Waals surface area contributed by atoms with Crippen LogP contribution in [0.2, 0.25) is 0 Å². The second-order valence-corrected chi connectivity index (χ2v) is 13.1.